The zero-order valence-electron chi connectivity index (χ0n) is 8.65. The van der Waals surface area contributed by atoms with Crippen LogP contribution in [0.25, 0.3) is 0 Å². The van der Waals surface area contributed by atoms with E-state index in [2.05, 4.69) is 5.73 Å². The smallest absolute Gasteiger partial charge is 0.323 e. The summed E-state index contributed by atoms with van der Waals surface area (Å²) in [6, 6.07) is 6.07. The lowest BCUT2D eigenvalue weighted by Crippen LogP contribution is -2.31. The summed E-state index contributed by atoms with van der Waals surface area (Å²) in [5, 5.41) is 7.82. The predicted molar refractivity (Wildman–Crippen MR) is 57.8 cm³/mol. The van der Waals surface area contributed by atoms with Gasteiger partial charge in [0.05, 0.1) is 4.90 Å². The van der Waals surface area contributed by atoms with Gasteiger partial charge < -0.3 is 10.8 Å². The number of nitrogens with two attached hydrogens (primary N) is 1. The number of carboxylic acid groups (broad SMARTS) is 1. The molecule has 0 saturated heterocycles. The predicted octanol–water partition coefficient (Wildman–Crippen LogP) is 0.301. The molecule has 1 aromatic rings. The summed E-state index contributed by atoms with van der Waals surface area (Å²) in [4.78, 5) is 9.49. The summed E-state index contributed by atoms with van der Waals surface area (Å²) < 4.78 is 40.4. The van der Waals surface area contributed by atoms with Crippen LogP contribution in [-0.4, -0.2) is 36.8 Å². The molecule has 0 fully saturated rings. The van der Waals surface area contributed by atoms with Gasteiger partial charge in [-0.1, -0.05) is 18.2 Å². The Hall–Kier alpha value is -1.51. The van der Waals surface area contributed by atoms with Crippen LogP contribution in [-0.2, 0) is 14.9 Å². The maximum absolute atomic E-state index is 11.1. The van der Waals surface area contributed by atoms with E-state index < -0.39 is 28.8 Å². The zero-order chi connectivity index (χ0) is 13.5. The van der Waals surface area contributed by atoms with Gasteiger partial charge >= 0.3 is 5.97 Å². The first-order valence-corrected chi connectivity index (χ1v) is 5.80. The fourth-order valence-electron chi connectivity index (χ4n) is 0.658. The Morgan fingerprint density at radius 2 is 1.82 bits per heavy atom. The summed E-state index contributed by atoms with van der Waals surface area (Å²) >= 11 is 0. The second kappa shape index (κ2) is 6.94. The van der Waals surface area contributed by atoms with E-state index in [1.807, 2.05) is 0 Å². The summed E-state index contributed by atoms with van der Waals surface area (Å²) in [5.74, 6) is -1.30. The highest BCUT2D eigenvalue weighted by Gasteiger charge is 2.08. The van der Waals surface area contributed by atoms with Crippen molar-refractivity contribution in [3.8, 4) is 0 Å². The van der Waals surface area contributed by atoms with Gasteiger partial charge in [-0.2, -0.15) is 8.42 Å². The fraction of sp³-hybridized carbons (Fsp3) is 0.222. The number of carbonyl (C=O) groups is 1. The Labute approximate surface area is 97.6 Å². The molecule has 0 heterocycles. The minimum atomic E-state index is -4.00. The Bertz CT molecular complexity index is 448. The molecule has 0 aromatic heterocycles. The summed E-state index contributed by atoms with van der Waals surface area (Å²) in [7, 11) is -4.00. The maximum Gasteiger partial charge on any atom is 0.323 e. The van der Waals surface area contributed by atoms with Gasteiger partial charge in [0.15, 0.2) is 0 Å². The minimum Gasteiger partial charge on any atom is -0.480 e. The van der Waals surface area contributed by atoms with E-state index in [4.69, 9.17) is 9.66 Å². The lowest BCUT2D eigenvalue weighted by atomic mass is 10.4. The molecule has 0 saturated carbocycles. The normalized spacial score (nSPS) is 12.2. The van der Waals surface area contributed by atoms with E-state index in [9.17, 15) is 17.6 Å². The van der Waals surface area contributed by atoms with Crippen LogP contribution in [0.3, 0.4) is 0 Å². The molecule has 0 aliphatic rings. The van der Waals surface area contributed by atoms with E-state index in [1.165, 1.54) is 12.1 Å². The van der Waals surface area contributed by atoms with Crippen LogP contribution < -0.4 is 5.73 Å². The van der Waals surface area contributed by atoms with Crippen molar-refractivity contribution in [2.75, 3.05) is 6.67 Å². The van der Waals surface area contributed by atoms with Crippen molar-refractivity contribution in [1.29, 1.82) is 0 Å². The topological polar surface area (TPSA) is 118 Å². The molecule has 4 N–H and O–H groups in total. The quantitative estimate of drug-likeness (QED) is 0.676. The van der Waals surface area contributed by atoms with E-state index in [1.54, 1.807) is 18.2 Å². The van der Waals surface area contributed by atoms with Crippen LogP contribution >= 0.6 is 0 Å². The molecule has 0 bridgehead atoms. The fourth-order valence-corrected chi connectivity index (χ4v) is 1.16. The molecule has 1 aromatic carbocycles. The van der Waals surface area contributed by atoms with Crippen molar-refractivity contribution < 1.29 is 27.3 Å². The molecule has 96 valence electrons. The molecule has 1 rings (SSSR count). The van der Waals surface area contributed by atoms with Gasteiger partial charge in [-0.15, -0.1) is 0 Å². The molecule has 0 aliphatic heterocycles. The average Bonchev–Trinajstić information content (AvgIpc) is 2.28. The summed E-state index contributed by atoms with van der Waals surface area (Å²) in [6.07, 6.45) is 0. The molecule has 0 amide bonds. The molecule has 0 unspecified atom stereocenters. The number of rotatable bonds is 3. The monoisotopic (exact) mass is 265 g/mol. The van der Waals surface area contributed by atoms with Gasteiger partial charge in [-0.05, 0) is 12.1 Å². The highest BCUT2D eigenvalue weighted by Crippen LogP contribution is 2.05. The molecular weight excluding hydrogens is 253 g/mol. The Morgan fingerprint density at radius 3 is 2.00 bits per heavy atom. The molecule has 0 radical (unpaired) electrons. The van der Waals surface area contributed by atoms with Crippen LogP contribution in [0.2, 0.25) is 0 Å². The van der Waals surface area contributed by atoms with Gasteiger partial charge in [0.1, 0.15) is 12.7 Å². The number of halogens is 1. The van der Waals surface area contributed by atoms with Gasteiger partial charge in [0.25, 0.3) is 10.1 Å². The largest absolute Gasteiger partial charge is 0.480 e. The first-order chi connectivity index (χ1) is 7.79. The standard InChI is InChI=1S/C6H6O3S.C3H6FNO2/c7-10(8,9)6-4-2-1-3-5-6;4-1-2(5)3(6)7/h1-5H,(H,7,8,9);2H,1,5H2,(H,6,7)/t;2-/m.1/s1. The van der Waals surface area contributed by atoms with E-state index in [-0.39, 0.29) is 4.90 Å². The number of aliphatic carboxylic acids is 1. The maximum atomic E-state index is 11.1. The zero-order valence-corrected chi connectivity index (χ0v) is 9.47. The number of alkyl halides is 1. The summed E-state index contributed by atoms with van der Waals surface area (Å²) in [6.45, 7) is -1.00. The van der Waals surface area contributed by atoms with E-state index >= 15 is 0 Å². The van der Waals surface area contributed by atoms with Crippen molar-refractivity contribution >= 4 is 16.1 Å². The first kappa shape index (κ1) is 15.5. The lowest BCUT2D eigenvalue weighted by Gasteiger charge is -1.94. The second-order valence-electron chi connectivity index (χ2n) is 2.89. The second-order valence-corrected chi connectivity index (χ2v) is 4.31. The van der Waals surface area contributed by atoms with E-state index in [0.29, 0.717) is 0 Å². The van der Waals surface area contributed by atoms with Gasteiger partial charge in [-0.3, -0.25) is 9.35 Å². The Morgan fingerprint density at radius 1 is 1.35 bits per heavy atom. The highest BCUT2D eigenvalue weighted by atomic mass is 32.2. The molecule has 6 nitrogen and oxygen atoms in total. The third-order valence-electron chi connectivity index (χ3n) is 1.52. The Kier molecular flexibility index (Phi) is 6.33. The third-order valence-corrected chi connectivity index (χ3v) is 2.39. The van der Waals surface area contributed by atoms with Crippen molar-refractivity contribution in [1.82, 2.24) is 0 Å². The number of hydrogen-bond donors (Lipinski definition) is 3. The first-order valence-electron chi connectivity index (χ1n) is 4.36. The summed E-state index contributed by atoms with van der Waals surface area (Å²) in [5.41, 5.74) is 4.64. The highest BCUT2D eigenvalue weighted by molar-refractivity contribution is 7.85. The molecule has 17 heavy (non-hydrogen) atoms. The molecule has 0 spiro atoms. The van der Waals surface area contributed by atoms with Crippen LogP contribution in [0.1, 0.15) is 0 Å². The molecule has 0 aliphatic carbocycles. The van der Waals surface area contributed by atoms with Crippen LogP contribution in [0.15, 0.2) is 35.2 Å². The van der Waals surface area contributed by atoms with Gasteiger partial charge in [-0.25, -0.2) is 4.39 Å². The van der Waals surface area contributed by atoms with Gasteiger partial charge in [0, 0.05) is 0 Å². The van der Waals surface area contributed by atoms with Crippen molar-refractivity contribution in [2.24, 2.45) is 5.73 Å². The Balaban J connectivity index is 0.000000325. The van der Waals surface area contributed by atoms with Gasteiger partial charge in [0.2, 0.25) is 0 Å². The van der Waals surface area contributed by atoms with Crippen LogP contribution in [0.5, 0.6) is 0 Å². The average molecular weight is 265 g/mol. The molecule has 8 heteroatoms. The van der Waals surface area contributed by atoms with Crippen LogP contribution in [0, 0.1) is 0 Å². The van der Waals surface area contributed by atoms with Crippen LogP contribution in [0.4, 0.5) is 4.39 Å². The molecular formula is C9H12FNO5S. The number of hydrogen-bond acceptors (Lipinski definition) is 4. The molecule has 1 atom stereocenters. The van der Waals surface area contributed by atoms with Crippen molar-refractivity contribution in [3.05, 3.63) is 30.3 Å². The number of benzene rings is 1. The minimum absolute atomic E-state index is 0.0741. The third kappa shape index (κ3) is 6.61. The van der Waals surface area contributed by atoms with E-state index in [0.717, 1.165) is 0 Å². The van der Waals surface area contributed by atoms with Crippen molar-refractivity contribution in [2.45, 2.75) is 10.9 Å². The number of carboxylic acids is 1. The van der Waals surface area contributed by atoms with Crippen molar-refractivity contribution in [3.63, 3.8) is 0 Å². The SMILES string of the molecule is N[C@H](CF)C(=O)O.O=S(=O)(O)c1ccccc1. The lowest BCUT2D eigenvalue weighted by molar-refractivity contribution is -0.138.